The van der Waals surface area contributed by atoms with Crippen molar-refractivity contribution in [2.24, 2.45) is 5.92 Å². The average molecular weight is 368 g/mol. The zero-order chi connectivity index (χ0) is 19.6. The van der Waals surface area contributed by atoms with Gasteiger partial charge in [0, 0.05) is 23.7 Å². The fraction of sp³-hybridized carbons (Fsp3) is 0.333. The first-order chi connectivity index (χ1) is 12.9. The highest BCUT2D eigenvalue weighted by molar-refractivity contribution is 5.78. The molecule has 142 valence electrons. The quantitative estimate of drug-likeness (QED) is 0.567. The SMILES string of the molecule is CCOC1C=CC(c2ccc(-c3ccc(C(C)C)cc3)c(F)c2F)=C[C@@H]1C. The molecule has 2 aromatic carbocycles. The van der Waals surface area contributed by atoms with Crippen molar-refractivity contribution in [1.29, 1.82) is 0 Å². The molecule has 0 bridgehead atoms. The first-order valence-electron chi connectivity index (χ1n) is 9.52. The predicted molar refractivity (Wildman–Crippen MR) is 108 cm³/mol. The molecule has 0 aromatic heterocycles. The summed E-state index contributed by atoms with van der Waals surface area (Å²) in [5, 5.41) is 0. The third-order valence-corrected chi connectivity index (χ3v) is 5.07. The topological polar surface area (TPSA) is 9.23 Å². The first-order valence-corrected chi connectivity index (χ1v) is 9.52. The van der Waals surface area contributed by atoms with Crippen LogP contribution < -0.4 is 0 Å². The van der Waals surface area contributed by atoms with Crippen molar-refractivity contribution >= 4 is 5.57 Å². The molecule has 0 N–H and O–H groups in total. The molecule has 0 amide bonds. The molecule has 0 spiro atoms. The molecule has 0 aliphatic heterocycles. The van der Waals surface area contributed by atoms with E-state index >= 15 is 0 Å². The number of allylic oxidation sites excluding steroid dienone is 2. The minimum absolute atomic E-state index is 0.0228. The van der Waals surface area contributed by atoms with E-state index in [0.29, 0.717) is 23.7 Å². The summed E-state index contributed by atoms with van der Waals surface area (Å²) in [5.41, 5.74) is 3.11. The Balaban J connectivity index is 1.92. The molecule has 0 saturated heterocycles. The van der Waals surface area contributed by atoms with Gasteiger partial charge < -0.3 is 4.74 Å². The van der Waals surface area contributed by atoms with Gasteiger partial charge in [-0.25, -0.2) is 8.78 Å². The van der Waals surface area contributed by atoms with Gasteiger partial charge in [-0.05, 0) is 29.5 Å². The van der Waals surface area contributed by atoms with Gasteiger partial charge in [0.1, 0.15) is 0 Å². The van der Waals surface area contributed by atoms with E-state index in [1.165, 1.54) is 5.56 Å². The van der Waals surface area contributed by atoms with Gasteiger partial charge in [0.05, 0.1) is 6.10 Å². The van der Waals surface area contributed by atoms with Gasteiger partial charge in [-0.1, -0.05) is 75.4 Å². The van der Waals surface area contributed by atoms with Crippen LogP contribution in [0.4, 0.5) is 8.78 Å². The van der Waals surface area contributed by atoms with Gasteiger partial charge in [-0.15, -0.1) is 0 Å². The molecule has 3 heteroatoms. The van der Waals surface area contributed by atoms with Gasteiger partial charge in [0.25, 0.3) is 0 Å². The Labute approximate surface area is 160 Å². The zero-order valence-electron chi connectivity index (χ0n) is 16.3. The van der Waals surface area contributed by atoms with Gasteiger partial charge in [0.2, 0.25) is 0 Å². The molecule has 0 saturated carbocycles. The first kappa shape index (κ1) is 19.5. The maximum atomic E-state index is 14.8. The highest BCUT2D eigenvalue weighted by Gasteiger charge is 2.21. The molecule has 0 heterocycles. The third kappa shape index (κ3) is 4.03. The lowest BCUT2D eigenvalue weighted by molar-refractivity contribution is 0.0720. The van der Waals surface area contributed by atoms with Crippen molar-refractivity contribution < 1.29 is 13.5 Å². The van der Waals surface area contributed by atoms with Gasteiger partial charge >= 0.3 is 0 Å². The third-order valence-electron chi connectivity index (χ3n) is 5.07. The Bertz CT molecular complexity index is 863. The van der Waals surface area contributed by atoms with Crippen LogP contribution in [0.1, 0.15) is 44.7 Å². The molecule has 0 fully saturated rings. The summed E-state index contributed by atoms with van der Waals surface area (Å²) in [4.78, 5) is 0. The Morgan fingerprint density at radius 3 is 2.19 bits per heavy atom. The van der Waals surface area contributed by atoms with Crippen LogP contribution in [-0.4, -0.2) is 12.7 Å². The second-order valence-corrected chi connectivity index (χ2v) is 7.33. The molecule has 3 rings (SSSR count). The minimum atomic E-state index is -0.807. The van der Waals surface area contributed by atoms with Crippen LogP contribution in [0, 0.1) is 17.6 Å². The van der Waals surface area contributed by atoms with E-state index in [1.54, 1.807) is 12.1 Å². The average Bonchev–Trinajstić information content (AvgIpc) is 2.66. The van der Waals surface area contributed by atoms with Crippen molar-refractivity contribution in [1.82, 2.24) is 0 Å². The Morgan fingerprint density at radius 2 is 1.59 bits per heavy atom. The fourth-order valence-electron chi connectivity index (χ4n) is 3.43. The van der Waals surface area contributed by atoms with Gasteiger partial charge in [0.15, 0.2) is 11.6 Å². The van der Waals surface area contributed by atoms with E-state index in [2.05, 4.69) is 13.8 Å². The molecule has 2 atom stereocenters. The summed E-state index contributed by atoms with van der Waals surface area (Å²) in [7, 11) is 0. The molecular weight excluding hydrogens is 342 g/mol. The Hall–Kier alpha value is -2.26. The van der Waals surface area contributed by atoms with Crippen molar-refractivity contribution in [3.8, 4) is 11.1 Å². The lowest BCUT2D eigenvalue weighted by Gasteiger charge is -2.23. The van der Waals surface area contributed by atoms with Crippen molar-refractivity contribution in [3.05, 3.63) is 77.4 Å². The Morgan fingerprint density at radius 1 is 0.963 bits per heavy atom. The van der Waals surface area contributed by atoms with Gasteiger partial charge in [-0.2, -0.15) is 0 Å². The largest absolute Gasteiger partial charge is 0.374 e. The number of hydrogen-bond acceptors (Lipinski definition) is 1. The molecule has 27 heavy (non-hydrogen) atoms. The minimum Gasteiger partial charge on any atom is -0.374 e. The fourth-order valence-corrected chi connectivity index (χ4v) is 3.43. The number of hydrogen-bond donors (Lipinski definition) is 0. The van der Waals surface area contributed by atoms with Crippen LogP contribution in [0.2, 0.25) is 0 Å². The summed E-state index contributed by atoms with van der Waals surface area (Å²) < 4.78 is 35.3. The summed E-state index contributed by atoms with van der Waals surface area (Å²) in [5.74, 6) is -1.11. The summed E-state index contributed by atoms with van der Waals surface area (Å²) >= 11 is 0. The standard InChI is InChI=1S/C24H26F2O/c1-5-27-22-13-10-19(14-16(22)4)21-12-11-20(23(25)24(21)26)18-8-6-17(7-9-18)15(2)3/h6-16,22H,5H2,1-4H3/t16-,22?/m0/s1. The number of rotatable bonds is 5. The van der Waals surface area contributed by atoms with E-state index in [0.717, 1.165) is 0 Å². The summed E-state index contributed by atoms with van der Waals surface area (Å²) in [6.45, 7) is 8.79. The van der Waals surface area contributed by atoms with Gasteiger partial charge in [-0.3, -0.25) is 0 Å². The highest BCUT2D eigenvalue weighted by atomic mass is 19.2. The predicted octanol–water partition coefficient (Wildman–Crippen LogP) is 6.75. The van der Waals surface area contributed by atoms with E-state index < -0.39 is 11.6 Å². The monoisotopic (exact) mass is 368 g/mol. The Kier molecular flexibility index (Phi) is 5.91. The van der Waals surface area contributed by atoms with Crippen LogP contribution in [0.3, 0.4) is 0 Å². The van der Waals surface area contributed by atoms with E-state index in [-0.39, 0.29) is 23.1 Å². The molecule has 1 aliphatic carbocycles. The summed E-state index contributed by atoms with van der Waals surface area (Å²) in [6.07, 6.45) is 5.65. The number of halogens is 2. The van der Waals surface area contributed by atoms with Crippen molar-refractivity contribution in [2.45, 2.75) is 39.7 Å². The van der Waals surface area contributed by atoms with E-state index in [1.807, 2.05) is 56.3 Å². The van der Waals surface area contributed by atoms with Crippen LogP contribution in [0.5, 0.6) is 0 Å². The lowest BCUT2D eigenvalue weighted by Crippen LogP contribution is -2.20. The maximum Gasteiger partial charge on any atom is 0.167 e. The highest BCUT2D eigenvalue weighted by Crippen LogP contribution is 2.33. The maximum absolute atomic E-state index is 14.8. The summed E-state index contributed by atoms with van der Waals surface area (Å²) in [6, 6.07) is 10.9. The molecular formula is C24H26F2O. The van der Waals surface area contributed by atoms with Crippen LogP contribution in [0.15, 0.2) is 54.6 Å². The molecule has 1 unspecified atom stereocenters. The molecule has 1 nitrogen and oxygen atoms in total. The van der Waals surface area contributed by atoms with Crippen LogP contribution >= 0.6 is 0 Å². The molecule has 2 aromatic rings. The smallest absolute Gasteiger partial charge is 0.167 e. The molecule has 0 radical (unpaired) electrons. The molecule has 1 aliphatic rings. The zero-order valence-corrected chi connectivity index (χ0v) is 16.3. The van der Waals surface area contributed by atoms with E-state index in [4.69, 9.17) is 4.74 Å². The van der Waals surface area contributed by atoms with E-state index in [9.17, 15) is 8.78 Å². The second-order valence-electron chi connectivity index (χ2n) is 7.33. The number of benzene rings is 2. The van der Waals surface area contributed by atoms with Crippen LogP contribution in [0.25, 0.3) is 16.7 Å². The lowest BCUT2D eigenvalue weighted by atomic mass is 9.90. The van der Waals surface area contributed by atoms with Crippen LogP contribution in [-0.2, 0) is 4.74 Å². The second kappa shape index (κ2) is 8.18. The normalized spacial score (nSPS) is 19.4. The van der Waals surface area contributed by atoms with Crippen molar-refractivity contribution in [3.63, 3.8) is 0 Å². The van der Waals surface area contributed by atoms with Crippen molar-refractivity contribution in [2.75, 3.05) is 6.61 Å². The number of ether oxygens (including phenoxy) is 1.